The predicted molar refractivity (Wildman–Crippen MR) is 81.3 cm³/mol. The second kappa shape index (κ2) is 6.04. The first-order valence-electron chi connectivity index (χ1n) is 7.36. The smallest absolute Gasteiger partial charge is 0.320 e. The maximum absolute atomic E-state index is 11.6. The summed E-state index contributed by atoms with van der Waals surface area (Å²) < 4.78 is 0. The number of likely N-dealkylation sites (tertiary alicyclic amines) is 1. The summed E-state index contributed by atoms with van der Waals surface area (Å²) in [5.41, 5.74) is 0. The number of halogens is 1. The van der Waals surface area contributed by atoms with E-state index in [1.165, 1.54) is 24.1 Å². The topological polar surface area (TPSA) is 40.5 Å². The molecule has 1 aliphatic carbocycles. The van der Waals surface area contributed by atoms with E-state index in [1.54, 1.807) is 11.3 Å². The summed E-state index contributed by atoms with van der Waals surface area (Å²) in [6, 6.07) is 2.09. The number of fused-ring (bicyclic) bond motifs is 1. The molecule has 3 nitrogen and oxygen atoms in total. The summed E-state index contributed by atoms with van der Waals surface area (Å²) in [5, 5.41) is 12.2. The summed E-state index contributed by atoms with van der Waals surface area (Å²) >= 11 is 7.62. The number of nitrogens with zero attached hydrogens (tertiary/aromatic N) is 1. The van der Waals surface area contributed by atoms with Gasteiger partial charge < -0.3 is 5.11 Å². The van der Waals surface area contributed by atoms with Crippen LogP contribution in [0, 0.1) is 5.92 Å². The van der Waals surface area contributed by atoms with E-state index in [1.807, 2.05) is 11.4 Å². The van der Waals surface area contributed by atoms with Gasteiger partial charge in [-0.1, -0.05) is 24.4 Å². The average molecular weight is 314 g/mol. The van der Waals surface area contributed by atoms with Crippen LogP contribution in [0.1, 0.15) is 43.4 Å². The minimum Gasteiger partial charge on any atom is -0.480 e. The van der Waals surface area contributed by atoms with Crippen LogP contribution in [0.4, 0.5) is 0 Å². The van der Waals surface area contributed by atoms with Crippen LogP contribution in [0.15, 0.2) is 11.4 Å². The molecule has 0 radical (unpaired) electrons. The van der Waals surface area contributed by atoms with Gasteiger partial charge in [-0.15, -0.1) is 11.3 Å². The fourth-order valence-electron chi connectivity index (χ4n) is 3.84. The van der Waals surface area contributed by atoms with E-state index < -0.39 is 5.97 Å². The molecule has 0 amide bonds. The molecule has 1 aromatic rings. The molecule has 20 heavy (non-hydrogen) atoms. The van der Waals surface area contributed by atoms with Gasteiger partial charge in [-0.2, -0.15) is 0 Å². The quantitative estimate of drug-likeness (QED) is 0.916. The average Bonchev–Trinajstić information content (AvgIpc) is 2.84. The zero-order valence-electron chi connectivity index (χ0n) is 11.4. The highest BCUT2D eigenvalue weighted by Gasteiger charge is 2.41. The molecule has 2 fully saturated rings. The van der Waals surface area contributed by atoms with Crippen molar-refractivity contribution in [1.82, 2.24) is 4.90 Å². The number of hydrogen-bond acceptors (Lipinski definition) is 3. The van der Waals surface area contributed by atoms with E-state index in [0.29, 0.717) is 12.0 Å². The van der Waals surface area contributed by atoms with E-state index >= 15 is 0 Å². The molecule has 1 saturated carbocycles. The summed E-state index contributed by atoms with van der Waals surface area (Å²) in [6.07, 6.45) is 6.80. The molecule has 3 unspecified atom stereocenters. The minimum atomic E-state index is -0.670. The fourth-order valence-corrected chi connectivity index (χ4v) is 4.92. The van der Waals surface area contributed by atoms with Gasteiger partial charge in [-0.3, -0.25) is 9.69 Å². The number of hydrogen-bond donors (Lipinski definition) is 1. The van der Waals surface area contributed by atoms with E-state index in [9.17, 15) is 9.90 Å². The Hall–Kier alpha value is -0.580. The van der Waals surface area contributed by atoms with Crippen molar-refractivity contribution >= 4 is 28.9 Å². The lowest BCUT2D eigenvalue weighted by molar-refractivity contribution is -0.148. The molecular weight excluding hydrogens is 294 g/mol. The van der Waals surface area contributed by atoms with Crippen molar-refractivity contribution in [2.24, 2.45) is 5.92 Å². The van der Waals surface area contributed by atoms with E-state index in [2.05, 4.69) is 4.90 Å². The second-order valence-electron chi connectivity index (χ2n) is 5.95. The van der Waals surface area contributed by atoms with Crippen molar-refractivity contribution in [1.29, 1.82) is 0 Å². The molecule has 0 aromatic carbocycles. The van der Waals surface area contributed by atoms with Crippen LogP contribution in [0.3, 0.4) is 0 Å². The Morgan fingerprint density at radius 2 is 2.15 bits per heavy atom. The van der Waals surface area contributed by atoms with Crippen molar-refractivity contribution in [2.45, 2.75) is 57.2 Å². The van der Waals surface area contributed by atoms with E-state index in [4.69, 9.17) is 11.6 Å². The number of rotatable bonds is 3. The van der Waals surface area contributed by atoms with Gasteiger partial charge in [0.25, 0.3) is 0 Å². The van der Waals surface area contributed by atoms with Gasteiger partial charge in [0.15, 0.2) is 0 Å². The van der Waals surface area contributed by atoms with Crippen molar-refractivity contribution in [3.05, 3.63) is 21.3 Å². The third kappa shape index (κ3) is 2.87. The predicted octanol–water partition coefficient (Wildman–Crippen LogP) is 4.01. The normalized spacial score (nSPS) is 30.9. The van der Waals surface area contributed by atoms with Crippen molar-refractivity contribution in [2.75, 3.05) is 0 Å². The van der Waals surface area contributed by atoms with Crippen LogP contribution in [0.25, 0.3) is 0 Å². The maximum atomic E-state index is 11.6. The standard InChI is InChI=1S/C15H20ClNO2S/c16-11-7-12(20-9-11)8-17-13-4-2-1-3-10(13)5-6-14(17)15(18)19/h7,9-10,13-14H,1-6,8H2,(H,18,19). The molecule has 1 N–H and O–H groups in total. The first-order valence-corrected chi connectivity index (χ1v) is 8.62. The monoisotopic (exact) mass is 313 g/mol. The minimum absolute atomic E-state index is 0.324. The molecule has 1 aliphatic heterocycles. The Morgan fingerprint density at radius 1 is 1.35 bits per heavy atom. The molecule has 5 heteroatoms. The van der Waals surface area contributed by atoms with Gasteiger partial charge in [0.1, 0.15) is 6.04 Å². The second-order valence-corrected chi connectivity index (χ2v) is 7.38. The molecule has 110 valence electrons. The zero-order valence-corrected chi connectivity index (χ0v) is 13.0. The lowest BCUT2D eigenvalue weighted by Gasteiger charge is -2.47. The number of carboxylic acids is 1. The van der Waals surface area contributed by atoms with E-state index in [0.717, 1.165) is 30.8 Å². The molecule has 0 spiro atoms. The molecule has 0 bridgehead atoms. The fraction of sp³-hybridized carbons (Fsp3) is 0.667. The Morgan fingerprint density at radius 3 is 2.85 bits per heavy atom. The third-order valence-corrected chi connectivity index (χ3v) is 6.02. The first-order chi connectivity index (χ1) is 9.65. The summed E-state index contributed by atoms with van der Waals surface area (Å²) in [5.74, 6) is 0.0199. The van der Waals surface area contributed by atoms with Gasteiger partial charge in [0.2, 0.25) is 0 Å². The lowest BCUT2D eigenvalue weighted by Crippen LogP contribution is -2.54. The summed E-state index contributed by atoms with van der Waals surface area (Å²) in [6.45, 7) is 0.732. The van der Waals surface area contributed by atoms with Crippen LogP contribution in [0.5, 0.6) is 0 Å². The number of carbonyl (C=O) groups is 1. The lowest BCUT2D eigenvalue weighted by atomic mass is 9.76. The van der Waals surface area contributed by atoms with E-state index in [-0.39, 0.29) is 6.04 Å². The highest BCUT2D eigenvalue weighted by molar-refractivity contribution is 7.10. The van der Waals surface area contributed by atoms with Gasteiger partial charge in [-0.05, 0) is 37.7 Å². The highest BCUT2D eigenvalue weighted by Crippen LogP contribution is 2.39. The largest absolute Gasteiger partial charge is 0.480 e. The molecular formula is C15H20ClNO2S. The van der Waals surface area contributed by atoms with Gasteiger partial charge in [0.05, 0.1) is 5.02 Å². The number of carboxylic acid groups (broad SMARTS) is 1. The van der Waals surface area contributed by atoms with Crippen LogP contribution >= 0.6 is 22.9 Å². The molecule has 3 rings (SSSR count). The summed E-state index contributed by atoms with van der Waals surface area (Å²) in [7, 11) is 0. The molecule has 1 aromatic heterocycles. The molecule has 2 heterocycles. The van der Waals surface area contributed by atoms with Gasteiger partial charge >= 0.3 is 5.97 Å². The molecule has 2 aliphatic rings. The van der Waals surface area contributed by atoms with Crippen LogP contribution in [0.2, 0.25) is 5.02 Å². The van der Waals surface area contributed by atoms with Crippen molar-refractivity contribution in [3.8, 4) is 0 Å². The number of aliphatic carboxylic acids is 1. The Kier molecular flexibility index (Phi) is 4.34. The number of piperidine rings is 1. The van der Waals surface area contributed by atoms with Crippen LogP contribution in [-0.4, -0.2) is 28.1 Å². The SMILES string of the molecule is O=C(O)C1CCC2CCCCC2N1Cc1cc(Cl)cs1. The van der Waals surface area contributed by atoms with Crippen LogP contribution < -0.4 is 0 Å². The molecule has 3 atom stereocenters. The number of thiophene rings is 1. The van der Waals surface area contributed by atoms with Gasteiger partial charge in [-0.25, -0.2) is 0 Å². The molecule has 1 saturated heterocycles. The van der Waals surface area contributed by atoms with Crippen LogP contribution in [-0.2, 0) is 11.3 Å². The summed E-state index contributed by atoms with van der Waals surface area (Å²) in [4.78, 5) is 15.0. The first kappa shape index (κ1) is 14.4. The van der Waals surface area contributed by atoms with Crippen molar-refractivity contribution in [3.63, 3.8) is 0 Å². The van der Waals surface area contributed by atoms with Crippen molar-refractivity contribution < 1.29 is 9.90 Å². The maximum Gasteiger partial charge on any atom is 0.320 e. The highest BCUT2D eigenvalue weighted by atomic mass is 35.5. The third-order valence-electron chi connectivity index (χ3n) is 4.75. The Labute approximate surface area is 128 Å². The Bertz CT molecular complexity index is 490. The Balaban J connectivity index is 1.81. The van der Waals surface area contributed by atoms with Gasteiger partial charge in [0, 0.05) is 22.8 Å². The zero-order chi connectivity index (χ0) is 14.1.